The van der Waals surface area contributed by atoms with Crippen LogP contribution in [0.5, 0.6) is 0 Å². The fourth-order valence-electron chi connectivity index (χ4n) is 3.47. The van der Waals surface area contributed by atoms with Gasteiger partial charge < -0.3 is 10.2 Å². The molecule has 4 nitrogen and oxygen atoms in total. The van der Waals surface area contributed by atoms with Crippen LogP contribution < -0.4 is 5.32 Å². The quantitative estimate of drug-likeness (QED) is 0.576. The lowest BCUT2D eigenvalue weighted by atomic mass is 10.1. The third kappa shape index (κ3) is 4.00. The van der Waals surface area contributed by atoms with Crippen LogP contribution in [0, 0.1) is 0 Å². The topological polar surface area (TPSA) is 45.2 Å². The number of nitrogens with zero attached hydrogens (tertiary/aromatic N) is 2. The summed E-state index contributed by atoms with van der Waals surface area (Å²) in [6.45, 7) is 1.30. The highest BCUT2D eigenvalue weighted by molar-refractivity contribution is 6.31. The molecule has 1 fully saturated rings. The van der Waals surface area contributed by atoms with Crippen LogP contribution in [-0.4, -0.2) is 28.9 Å². The first-order valence-electron chi connectivity index (χ1n) is 9.15. The summed E-state index contributed by atoms with van der Waals surface area (Å²) in [5, 5.41) is 4.02. The molecule has 1 aromatic heterocycles. The van der Waals surface area contributed by atoms with Crippen molar-refractivity contribution in [2.75, 3.05) is 18.4 Å². The van der Waals surface area contributed by atoms with Crippen molar-refractivity contribution in [1.29, 1.82) is 0 Å². The standard InChI is InChI=1S/C21H17ClF3N3O/c22-14-6-7-18-16(11-14)19(17(12-26-18)20(29)28-8-1-2-9-28)27-15-5-3-4-13(10-15)21(23,24)25/h3-7,10-12H,1-2,8-9H2,(H,26,27). The summed E-state index contributed by atoms with van der Waals surface area (Å²) >= 11 is 6.14. The van der Waals surface area contributed by atoms with Crippen molar-refractivity contribution in [3.05, 3.63) is 64.8 Å². The molecule has 1 aliphatic heterocycles. The van der Waals surface area contributed by atoms with Crippen molar-refractivity contribution in [2.45, 2.75) is 19.0 Å². The van der Waals surface area contributed by atoms with Crippen molar-refractivity contribution in [1.82, 2.24) is 9.88 Å². The van der Waals surface area contributed by atoms with Crippen LogP contribution in [0.4, 0.5) is 24.5 Å². The number of carbonyl (C=O) groups excluding carboxylic acids is 1. The minimum absolute atomic E-state index is 0.202. The highest BCUT2D eigenvalue weighted by atomic mass is 35.5. The van der Waals surface area contributed by atoms with E-state index in [2.05, 4.69) is 10.3 Å². The molecule has 1 N–H and O–H groups in total. The Morgan fingerprint density at radius 3 is 2.59 bits per heavy atom. The van der Waals surface area contributed by atoms with E-state index in [1.165, 1.54) is 18.3 Å². The van der Waals surface area contributed by atoms with E-state index in [0.29, 0.717) is 40.3 Å². The van der Waals surface area contributed by atoms with E-state index in [4.69, 9.17) is 11.6 Å². The Labute approximate surface area is 170 Å². The number of nitrogens with one attached hydrogen (secondary N) is 1. The number of pyridine rings is 1. The maximum Gasteiger partial charge on any atom is 0.416 e. The summed E-state index contributed by atoms with van der Waals surface area (Å²) in [4.78, 5) is 19.1. The second-order valence-electron chi connectivity index (χ2n) is 6.91. The second kappa shape index (κ2) is 7.55. The van der Waals surface area contributed by atoms with Crippen LogP contribution in [0.15, 0.2) is 48.7 Å². The lowest BCUT2D eigenvalue weighted by Gasteiger charge is -2.20. The molecule has 8 heteroatoms. The Hall–Kier alpha value is -2.80. The van der Waals surface area contributed by atoms with Gasteiger partial charge in [0, 0.05) is 35.4 Å². The van der Waals surface area contributed by atoms with Gasteiger partial charge in [0.1, 0.15) is 0 Å². The maximum absolute atomic E-state index is 13.1. The first-order chi connectivity index (χ1) is 13.8. The van der Waals surface area contributed by atoms with E-state index in [9.17, 15) is 18.0 Å². The molecular formula is C21H17ClF3N3O. The molecule has 0 unspecified atom stereocenters. The Morgan fingerprint density at radius 1 is 1.10 bits per heavy atom. The summed E-state index contributed by atoms with van der Waals surface area (Å²) < 4.78 is 39.3. The number of hydrogen-bond donors (Lipinski definition) is 1. The third-order valence-corrected chi connectivity index (χ3v) is 5.15. The van der Waals surface area contributed by atoms with Crippen molar-refractivity contribution in [3.63, 3.8) is 0 Å². The van der Waals surface area contributed by atoms with Gasteiger partial charge in [0.25, 0.3) is 5.91 Å². The normalized spacial score (nSPS) is 14.4. The van der Waals surface area contributed by atoms with E-state index in [1.54, 1.807) is 23.1 Å². The van der Waals surface area contributed by atoms with E-state index < -0.39 is 11.7 Å². The molecule has 1 amide bonds. The van der Waals surface area contributed by atoms with Crippen LogP contribution in [0.2, 0.25) is 5.02 Å². The van der Waals surface area contributed by atoms with Crippen LogP contribution >= 0.6 is 11.6 Å². The molecule has 0 atom stereocenters. The van der Waals surface area contributed by atoms with E-state index in [0.717, 1.165) is 25.0 Å². The van der Waals surface area contributed by atoms with Gasteiger partial charge in [-0.2, -0.15) is 13.2 Å². The second-order valence-corrected chi connectivity index (χ2v) is 7.35. The lowest BCUT2D eigenvalue weighted by Crippen LogP contribution is -2.28. The largest absolute Gasteiger partial charge is 0.416 e. The zero-order valence-corrected chi connectivity index (χ0v) is 16.0. The smallest absolute Gasteiger partial charge is 0.354 e. The number of fused-ring (bicyclic) bond motifs is 1. The summed E-state index contributed by atoms with van der Waals surface area (Å²) in [5.41, 5.74) is 0.740. The number of likely N-dealkylation sites (tertiary alicyclic amines) is 1. The minimum Gasteiger partial charge on any atom is -0.354 e. The van der Waals surface area contributed by atoms with Gasteiger partial charge in [0.2, 0.25) is 0 Å². The molecule has 4 rings (SSSR count). The summed E-state index contributed by atoms with van der Waals surface area (Å²) in [6.07, 6.45) is -1.15. The highest BCUT2D eigenvalue weighted by Gasteiger charge is 2.30. The van der Waals surface area contributed by atoms with E-state index in [1.807, 2.05) is 0 Å². The molecule has 2 heterocycles. The molecule has 29 heavy (non-hydrogen) atoms. The van der Waals surface area contributed by atoms with Gasteiger partial charge in [-0.15, -0.1) is 0 Å². The molecule has 3 aromatic rings. The van der Waals surface area contributed by atoms with Gasteiger partial charge in [-0.05, 0) is 49.2 Å². The average Bonchev–Trinajstić information content (AvgIpc) is 3.22. The van der Waals surface area contributed by atoms with Crippen LogP contribution in [0.1, 0.15) is 28.8 Å². The summed E-state index contributed by atoms with van der Waals surface area (Å²) in [7, 11) is 0. The fraction of sp³-hybridized carbons (Fsp3) is 0.238. The number of rotatable bonds is 3. The number of amides is 1. The predicted octanol–water partition coefficient (Wildman–Crippen LogP) is 5.89. The van der Waals surface area contributed by atoms with Gasteiger partial charge in [0.15, 0.2) is 0 Å². The number of alkyl halides is 3. The zero-order valence-electron chi connectivity index (χ0n) is 15.3. The lowest BCUT2D eigenvalue weighted by molar-refractivity contribution is -0.137. The Bertz CT molecular complexity index is 1080. The number of hydrogen-bond acceptors (Lipinski definition) is 3. The molecular weight excluding hydrogens is 403 g/mol. The molecule has 1 saturated heterocycles. The van der Waals surface area contributed by atoms with Gasteiger partial charge in [-0.1, -0.05) is 17.7 Å². The number of halogens is 4. The minimum atomic E-state index is -4.46. The number of carbonyl (C=O) groups is 1. The summed E-state index contributed by atoms with van der Waals surface area (Å²) in [5.74, 6) is -0.202. The monoisotopic (exact) mass is 419 g/mol. The van der Waals surface area contributed by atoms with Crippen molar-refractivity contribution in [2.24, 2.45) is 0 Å². The first-order valence-corrected chi connectivity index (χ1v) is 9.52. The first kappa shape index (κ1) is 19.5. The average molecular weight is 420 g/mol. The highest BCUT2D eigenvalue weighted by Crippen LogP contribution is 2.35. The molecule has 0 aliphatic carbocycles. The van der Waals surface area contributed by atoms with Crippen molar-refractivity contribution < 1.29 is 18.0 Å². The molecule has 0 spiro atoms. The van der Waals surface area contributed by atoms with Gasteiger partial charge >= 0.3 is 6.18 Å². The van der Waals surface area contributed by atoms with Crippen LogP contribution in [0.25, 0.3) is 10.9 Å². The maximum atomic E-state index is 13.1. The molecule has 2 aromatic carbocycles. The zero-order chi connectivity index (χ0) is 20.6. The molecule has 150 valence electrons. The van der Waals surface area contributed by atoms with Crippen molar-refractivity contribution >= 4 is 39.8 Å². The number of benzene rings is 2. The van der Waals surface area contributed by atoms with E-state index >= 15 is 0 Å². The van der Waals surface area contributed by atoms with Crippen molar-refractivity contribution in [3.8, 4) is 0 Å². The Balaban J connectivity index is 1.83. The molecule has 0 saturated carbocycles. The van der Waals surface area contributed by atoms with Gasteiger partial charge in [-0.25, -0.2) is 0 Å². The van der Waals surface area contributed by atoms with E-state index in [-0.39, 0.29) is 11.6 Å². The molecule has 0 radical (unpaired) electrons. The Kier molecular flexibility index (Phi) is 5.08. The number of anilines is 2. The SMILES string of the molecule is O=C(c1cnc2ccc(Cl)cc2c1Nc1cccc(C(F)(F)F)c1)N1CCCC1. The van der Waals surface area contributed by atoms with Gasteiger partial charge in [-0.3, -0.25) is 9.78 Å². The fourth-order valence-corrected chi connectivity index (χ4v) is 3.64. The predicted molar refractivity (Wildman–Crippen MR) is 107 cm³/mol. The third-order valence-electron chi connectivity index (χ3n) is 4.91. The number of aromatic nitrogens is 1. The van der Waals surface area contributed by atoms with Crippen LogP contribution in [0.3, 0.4) is 0 Å². The molecule has 0 bridgehead atoms. The summed E-state index contributed by atoms with van der Waals surface area (Å²) in [6, 6.07) is 9.90. The van der Waals surface area contributed by atoms with Crippen LogP contribution in [-0.2, 0) is 6.18 Å². The Morgan fingerprint density at radius 2 is 1.86 bits per heavy atom. The van der Waals surface area contributed by atoms with Gasteiger partial charge in [0.05, 0.1) is 22.3 Å². The molecule has 1 aliphatic rings.